The summed E-state index contributed by atoms with van der Waals surface area (Å²) in [6.07, 6.45) is -0.228. The van der Waals surface area contributed by atoms with Crippen LogP contribution in [0.25, 0.3) is 11.1 Å². The Kier molecular flexibility index (Phi) is 3.35. The van der Waals surface area contributed by atoms with E-state index in [0.29, 0.717) is 11.1 Å². The van der Waals surface area contributed by atoms with Crippen molar-refractivity contribution >= 4 is 23.3 Å². The molecule has 2 aromatic carbocycles. The lowest BCUT2D eigenvalue weighted by molar-refractivity contribution is 0.660. The molecule has 100 valence electrons. The first-order valence-corrected chi connectivity index (χ1v) is 6.69. The van der Waals surface area contributed by atoms with Gasteiger partial charge >= 0.3 is 0 Å². The van der Waals surface area contributed by atoms with Gasteiger partial charge in [0.1, 0.15) is 6.17 Å². The van der Waals surface area contributed by atoms with Crippen LogP contribution in [0.3, 0.4) is 0 Å². The summed E-state index contributed by atoms with van der Waals surface area (Å²) in [7, 11) is 0. The van der Waals surface area contributed by atoms with Crippen molar-refractivity contribution in [2.24, 2.45) is 10.7 Å². The van der Waals surface area contributed by atoms with E-state index in [1.165, 1.54) is 11.1 Å². The zero-order chi connectivity index (χ0) is 13.9. The standard InChI is InChI=1S/C15H14N4S/c16-14-17-13(18-15(20)19-14)12-8-6-11(7-9-12)10-4-2-1-3-5-10/h1-9,13H,(H4,16,17,18,19,20). The van der Waals surface area contributed by atoms with Crippen molar-refractivity contribution in [1.29, 1.82) is 0 Å². The van der Waals surface area contributed by atoms with Gasteiger partial charge in [0.05, 0.1) is 0 Å². The zero-order valence-electron chi connectivity index (χ0n) is 10.7. The van der Waals surface area contributed by atoms with Crippen molar-refractivity contribution in [1.82, 2.24) is 10.6 Å². The van der Waals surface area contributed by atoms with Crippen molar-refractivity contribution < 1.29 is 0 Å². The Morgan fingerprint density at radius 2 is 1.60 bits per heavy atom. The second-order valence-corrected chi connectivity index (χ2v) is 4.91. The molecule has 0 spiro atoms. The SMILES string of the molecule is NC1=NC(c2ccc(-c3ccccc3)cc2)NC(=S)N1. The maximum atomic E-state index is 5.69. The van der Waals surface area contributed by atoms with Gasteiger partial charge in [-0.2, -0.15) is 0 Å². The fraction of sp³-hybridized carbons (Fsp3) is 0.0667. The third kappa shape index (κ3) is 2.62. The van der Waals surface area contributed by atoms with Crippen LogP contribution in [-0.2, 0) is 0 Å². The van der Waals surface area contributed by atoms with E-state index in [-0.39, 0.29) is 6.17 Å². The van der Waals surface area contributed by atoms with Crippen LogP contribution in [-0.4, -0.2) is 11.1 Å². The van der Waals surface area contributed by atoms with Gasteiger partial charge in [0.15, 0.2) is 11.1 Å². The molecule has 0 amide bonds. The highest BCUT2D eigenvalue weighted by molar-refractivity contribution is 7.80. The molecule has 20 heavy (non-hydrogen) atoms. The van der Waals surface area contributed by atoms with E-state index >= 15 is 0 Å². The second-order valence-electron chi connectivity index (χ2n) is 4.50. The lowest BCUT2D eigenvalue weighted by Gasteiger charge is -2.23. The highest BCUT2D eigenvalue weighted by Gasteiger charge is 2.16. The zero-order valence-corrected chi connectivity index (χ0v) is 11.5. The smallest absolute Gasteiger partial charge is 0.197 e. The molecule has 0 aliphatic carbocycles. The predicted molar refractivity (Wildman–Crippen MR) is 85.1 cm³/mol. The summed E-state index contributed by atoms with van der Waals surface area (Å²) in [5, 5.41) is 6.33. The molecule has 2 aromatic rings. The Labute approximate surface area is 122 Å². The Morgan fingerprint density at radius 1 is 0.950 bits per heavy atom. The van der Waals surface area contributed by atoms with Crippen LogP contribution in [0.15, 0.2) is 59.6 Å². The van der Waals surface area contributed by atoms with Gasteiger partial charge in [0.2, 0.25) is 0 Å². The lowest BCUT2D eigenvalue weighted by Crippen LogP contribution is -2.49. The van der Waals surface area contributed by atoms with Gasteiger partial charge in [-0.25, -0.2) is 4.99 Å². The number of aliphatic imine (C=N–C) groups is 1. The number of nitrogens with one attached hydrogen (secondary N) is 2. The molecule has 1 heterocycles. The van der Waals surface area contributed by atoms with E-state index in [1.54, 1.807) is 0 Å². The summed E-state index contributed by atoms with van der Waals surface area (Å²) in [6, 6.07) is 18.4. The lowest BCUT2D eigenvalue weighted by atomic mass is 10.0. The quantitative estimate of drug-likeness (QED) is 0.739. The first kappa shape index (κ1) is 12.6. The molecule has 3 rings (SSSR count). The minimum absolute atomic E-state index is 0.228. The third-order valence-electron chi connectivity index (χ3n) is 3.11. The molecular weight excluding hydrogens is 268 g/mol. The summed E-state index contributed by atoms with van der Waals surface area (Å²) in [5.74, 6) is 0.339. The fourth-order valence-corrected chi connectivity index (χ4v) is 2.34. The second kappa shape index (κ2) is 5.30. The molecule has 0 aromatic heterocycles. The summed E-state index contributed by atoms with van der Waals surface area (Å²) in [6.45, 7) is 0. The number of benzene rings is 2. The third-order valence-corrected chi connectivity index (χ3v) is 3.33. The van der Waals surface area contributed by atoms with Crippen LogP contribution < -0.4 is 16.4 Å². The molecule has 0 fully saturated rings. The minimum Gasteiger partial charge on any atom is -0.370 e. The van der Waals surface area contributed by atoms with Crippen molar-refractivity contribution in [2.75, 3.05) is 0 Å². The molecular formula is C15H14N4S. The minimum atomic E-state index is -0.228. The van der Waals surface area contributed by atoms with Crippen molar-refractivity contribution in [3.05, 3.63) is 60.2 Å². The number of nitrogens with zero attached hydrogens (tertiary/aromatic N) is 1. The fourth-order valence-electron chi connectivity index (χ4n) is 2.13. The summed E-state index contributed by atoms with van der Waals surface area (Å²) >= 11 is 5.08. The molecule has 0 saturated heterocycles. The molecule has 0 radical (unpaired) electrons. The molecule has 0 bridgehead atoms. The van der Waals surface area contributed by atoms with E-state index in [0.717, 1.165) is 5.56 Å². The van der Waals surface area contributed by atoms with Gasteiger partial charge in [0.25, 0.3) is 0 Å². The van der Waals surface area contributed by atoms with Gasteiger partial charge in [-0.05, 0) is 28.9 Å². The van der Waals surface area contributed by atoms with Crippen LogP contribution >= 0.6 is 12.2 Å². The van der Waals surface area contributed by atoms with Crippen LogP contribution in [0.5, 0.6) is 0 Å². The van der Waals surface area contributed by atoms with Gasteiger partial charge in [-0.3, -0.25) is 0 Å². The average molecular weight is 282 g/mol. The summed E-state index contributed by atoms with van der Waals surface area (Å²) in [5.41, 5.74) is 9.07. The van der Waals surface area contributed by atoms with Gasteiger partial charge < -0.3 is 16.4 Å². The maximum absolute atomic E-state index is 5.69. The number of thiocarbonyl (C=S) groups is 1. The van der Waals surface area contributed by atoms with E-state index in [2.05, 4.69) is 39.9 Å². The first-order valence-electron chi connectivity index (χ1n) is 6.28. The summed E-state index contributed by atoms with van der Waals surface area (Å²) < 4.78 is 0. The van der Waals surface area contributed by atoms with E-state index in [9.17, 15) is 0 Å². The number of hydrogen-bond donors (Lipinski definition) is 3. The molecule has 5 heteroatoms. The molecule has 1 unspecified atom stereocenters. The largest absolute Gasteiger partial charge is 0.370 e. The van der Waals surface area contributed by atoms with Crippen LogP contribution in [0.4, 0.5) is 0 Å². The highest BCUT2D eigenvalue weighted by atomic mass is 32.1. The maximum Gasteiger partial charge on any atom is 0.197 e. The first-order chi connectivity index (χ1) is 9.72. The molecule has 4 nitrogen and oxygen atoms in total. The van der Waals surface area contributed by atoms with E-state index < -0.39 is 0 Å². The van der Waals surface area contributed by atoms with Crippen molar-refractivity contribution in [3.8, 4) is 11.1 Å². The molecule has 1 aliphatic rings. The van der Waals surface area contributed by atoms with Gasteiger partial charge in [-0.15, -0.1) is 0 Å². The molecule has 0 saturated carbocycles. The Bertz CT molecular complexity index is 649. The molecule has 1 aliphatic heterocycles. The Morgan fingerprint density at radius 3 is 2.25 bits per heavy atom. The predicted octanol–water partition coefficient (Wildman–Crippen LogP) is 2.14. The average Bonchev–Trinajstić information content (AvgIpc) is 2.47. The van der Waals surface area contributed by atoms with Crippen LogP contribution in [0.2, 0.25) is 0 Å². The summed E-state index contributed by atoms with van der Waals surface area (Å²) in [4.78, 5) is 4.29. The van der Waals surface area contributed by atoms with Gasteiger partial charge in [0, 0.05) is 0 Å². The van der Waals surface area contributed by atoms with Crippen LogP contribution in [0.1, 0.15) is 11.7 Å². The number of hydrogen-bond acceptors (Lipinski definition) is 3. The number of rotatable bonds is 2. The Hall–Kier alpha value is -2.40. The normalized spacial score (nSPS) is 17.9. The molecule has 4 N–H and O–H groups in total. The topological polar surface area (TPSA) is 62.4 Å². The van der Waals surface area contributed by atoms with Crippen molar-refractivity contribution in [2.45, 2.75) is 6.17 Å². The van der Waals surface area contributed by atoms with E-state index in [1.807, 2.05) is 30.3 Å². The molecule has 1 atom stereocenters. The van der Waals surface area contributed by atoms with E-state index in [4.69, 9.17) is 18.0 Å². The highest BCUT2D eigenvalue weighted by Crippen LogP contribution is 2.22. The number of guanidine groups is 1. The number of nitrogens with two attached hydrogens (primary N) is 1. The van der Waals surface area contributed by atoms with Gasteiger partial charge in [-0.1, -0.05) is 54.6 Å². The van der Waals surface area contributed by atoms with Crippen molar-refractivity contribution in [3.63, 3.8) is 0 Å². The van der Waals surface area contributed by atoms with Crippen LogP contribution in [0, 0.1) is 0 Å². The Balaban J connectivity index is 1.87. The monoisotopic (exact) mass is 282 g/mol.